The largest absolute Gasteiger partial charge is 0.351 e. The molecule has 15 heavy (non-hydrogen) atoms. The van der Waals surface area contributed by atoms with Gasteiger partial charge in [0.05, 0.1) is 0 Å². The van der Waals surface area contributed by atoms with Crippen LogP contribution in [0.15, 0.2) is 30.3 Å². The van der Waals surface area contributed by atoms with Gasteiger partial charge < -0.3 is 4.74 Å². The summed E-state index contributed by atoms with van der Waals surface area (Å²) in [6.07, 6.45) is 0.916. The molecule has 0 bridgehead atoms. The molecule has 0 N–H and O–H groups in total. The van der Waals surface area contributed by atoms with E-state index in [9.17, 15) is 0 Å². The Morgan fingerprint density at radius 2 is 2.20 bits per heavy atom. The third-order valence-electron chi connectivity index (χ3n) is 2.44. The molecular weight excluding hydrogens is 190 g/mol. The van der Waals surface area contributed by atoms with Crippen molar-refractivity contribution in [2.75, 3.05) is 13.2 Å². The lowest BCUT2D eigenvalue weighted by atomic mass is 10.2. The number of hydrogen-bond donors (Lipinski definition) is 0. The summed E-state index contributed by atoms with van der Waals surface area (Å²) in [5.74, 6) is 0. The molecule has 0 aliphatic carbocycles. The highest BCUT2D eigenvalue weighted by Crippen LogP contribution is 2.17. The smallest absolute Gasteiger partial charge is 0.178 e. The van der Waals surface area contributed by atoms with E-state index in [1.54, 1.807) is 0 Å². The van der Waals surface area contributed by atoms with Crippen molar-refractivity contribution in [3.8, 4) is 0 Å². The van der Waals surface area contributed by atoms with Gasteiger partial charge in [-0.2, -0.15) is 5.06 Å². The van der Waals surface area contributed by atoms with E-state index in [-0.39, 0.29) is 6.29 Å². The van der Waals surface area contributed by atoms with Crippen LogP contribution in [0.25, 0.3) is 0 Å². The summed E-state index contributed by atoms with van der Waals surface area (Å²) >= 11 is 0. The van der Waals surface area contributed by atoms with Crippen molar-refractivity contribution in [1.82, 2.24) is 5.06 Å². The highest BCUT2D eigenvalue weighted by Gasteiger charge is 2.23. The molecule has 3 nitrogen and oxygen atoms in total. The van der Waals surface area contributed by atoms with Crippen molar-refractivity contribution < 1.29 is 9.57 Å². The summed E-state index contributed by atoms with van der Waals surface area (Å²) in [4.78, 5) is 5.62. The van der Waals surface area contributed by atoms with Gasteiger partial charge in [-0.3, -0.25) is 4.84 Å². The Bertz CT molecular complexity index is 289. The summed E-state index contributed by atoms with van der Waals surface area (Å²) in [5, 5.41) is 1.97. The standard InChI is InChI=1S/C12H17NO2/c1-2-14-12-8-9-13(15-12)10-11-6-4-3-5-7-11/h3-7,12H,2,8-10H2,1H3. The van der Waals surface area contributed by atoms with Gasteiger partial charge >= 0.3 is 0 Å². The van der Waals surface area contributed by atoms with Crippen LogP contribution in [0.5, 0.6) is 0 Å². The first-order chi connectivity index (χ1) is 7.38. The van der Waals surface area contributed by atoms with Gasteiger partial charge in [-0.1, -0.05) is 30.3 Å². The van der Waals surface area contributed by atoms with E-state index in [0.29, 0.717) is 6.61 Å². The van der Waals surface area contributed by atoms with E-state index in [1.807, 2.05) is 30.2 Å². The predicted molar refractivity (Wildman–Crippen MR) is 58.0 cm³/mol. The highest BCUT2D eigenvalue weighted by atomic mass is 16.8. The van der Waals surface area contributed by atoms with Gasteiger partial charge in [0, 0.05) is 26.1 Å². The number of hydroxylamine groups is 2. The second-order valence-electron chi connectivity index (χ2n) is 3.63. The van der Waals surface area contributed by atoms with Crippen LogP contribution in [0.3, 0.4) is 0 Å². The van der Waals surface area contributed by atoms with E-state index in [1.165, 1.54) is 5.56 Å². The summed E-state index contributed by atoms with van der Waals surface area (Å²) in [6.45, 7) is 4.48. The summed E-state index contributed by atoms with van der Waals surface area (Å²) in [6, 6.07) is 10.3. The summed E-state index contributed by atoms with van der Waals surface area (Å²) in [7, 11) is 0. The van der Waals surface area contributed by atoms with Crippen molar-refractivity contribution in [2.45, 2.75) is 26.2 Å². The summed E-state index contributed by atoms with van der Waals surface area (Å²) in [5.41, 5.74) is 1.27. The molecule has 0 radical (unpaired) electrons. The van der Waals surface area contributed by atoms with Crippen LogP contribution < -0.4 is 0 Å². The Morgan fingerprint density at radius 1 is 1.40 bits per heavy atom. The molecule has 3 heteroatoms. The molecule has 0 amide bonds. The monoisotopic (exact) mass is 207 g/mol. The number of ether oxygens (including phenoxy) is 1. The fourth-order valence-electron chi connectivity index (χ4n) is 1.72. The van der Waals surface area contributed by atoms with E-state index < -0.39 is 0 Å². The first-order valence-electron chi connectivity index (χ1n) is 5.45. The average molecular weight is 207 g/mol. The second kappa shape index (κ2) is 5.26. The first-order valence-corrected chi connectivity index (χ1v) is 5.45. The van der Waals surface area contributed by atoms with E-state index in [2.05, 4.69) is 12.1 Å². The molecule has 1 aromatic carbocycles. The molecule has 1 saturated heterocycles. The lowest BCUT2D eigenvalue weighted by Crippen LogP contribution is -2.20. The Kier molecular flexibility index (Phi) is 3.72. The SMILES string of the molecule is CCOC1CCN(Cc2ccccc2)O1. The number of hydrogen-bond acceptors (Lipinski definition) is 3. The molecule has 0 spiro atoms. The predicted octanol–water partition coefficient (Wildman–Crippen LogP) is 2.19. The van der Waals surface area contributed by atoms with Gasteiger partial charge in [-0.25, -0.2) is 0 Å². The minimum atomic E-state index is -0.0429. The normalized spacial score (nSPS) is 22.1. The van der Waals surface area contributed by atoms with Crippen LogP contribution in [0.1, 0.15) is 18.9 Å². The molecule has 1 aliphatic rings. The topological polar surface area (TPSA) is 21.7 Å². The van der Waals surface area contributed by atoms with Crippen LogP contribution in [0.4, 0.5) is 0 Å². The molecule has 1 heterocycles. The molecular formula is C12H17NO2. The van der Waals surface area contributed by atoms with Crippen molar-refractivity contribution in [2.24, 2.45) is 0 Å². The first kappa shape index (κ1) is 10.6. The van der Waals surface area contributed by atoms with Crippen molar-refractivity contribution in [3.63, 3.8) is 0 Å². The molecule has 0 saturated carbocycles. The van der Waals surface area contributed by atoms with Crippen LogP contribution in [-0.4, -0.2) is 24.5 Å². The van der Waals surface area contributed by atoms with Gasteiger partial charge in [0.1, 0.15) is 0 Å². The van der Waals surface area contributed by atoms with E-state index in [4.69, 9.17) is 9.57 Å². The Morgan fingerprint density at radius 3 is 2.93 bits per heavy atom. The maximum Gasteiger partial charge on any atom is 0.178 e. The minimum Gasteiger partial charge on any atom is -0.351 e. The molecule has 1 aliphatic heterocycles. The molecule has 82 valence electrons. The molecule has 2 rings (SSSR count). The molecule has 1 atom stereocenters. The van der Waals surface area contributed by atoms with E-state index >= 15 is 0 Å². The average Bonchev–Trinajstić information content (AvgIpc) is 2.68. The molecule has 1 aromatic rings. The molecule has 1 fully saturated rings. The quantitative estimate of drug-likeness (QED) is 0.755. The van der Waals surface area contributed by atoms with Crippen LogP contribution in [0.2, 0.25) is 0 Å². The van der Waals surface area contributed by atoms with E-state index in [0.717, 1.165) is 19.5 Å². The fourth-order valence-corrected chi connectivity index (χ4v) is 1.72. The summed E-state index contributed by atoms with van der Waals surface area (Å²) < 4.78 is 5.41. The number of nitrogens with zero attached hydrogens (tertiary/aromatic N) is 1. The third-order valence-corrected chi connectivity index (χ3v) is 2.44. The zero-order chi connectivity index (χ0) is 10.5. The lowest BCUT2D eigenvalue weighted by Gasteiger charge is -2.15. The van der Waals surface area contributed by atoms with Crippen LogP contribution in [-0.2, 0) is 16.1 Å². The highest BCUT2D eigenvalue weighted by molar-refractivity contribution is 5.14. The number of rotatable bonds is 4. The van der Waals surface area contributed by atoms with Gasteiger partial charge in [-0.05, 0) is 12.5 Å². The second-order valence-corrected chi connectivity index (χ2v) is 3.63. The maximum atomic E-state index is 5.62. The van der Waals surface area contributed by atoms with Crippen molar-refractivity contribution in [3.05, 3.63) is 35.9 Å². The number of benzene rings is 1. The molecule has 0 aromatic heterocycles. The Labute approximate surface area is 90.6 Å². The maximum absolute atomic E-state index is 5.62. The fraction of sp³-hybridized carbons (Fsp3) is 0.500. The van der Waals surface area contributed by atoms with Crippen LogP contribution in [0, 0.1) is 0 Å². The Balaban J connectivity index is 1.82. The molecule has 1 unspecified atom stereocenters. The van der Waals surface area contributed by atoms with Crippen molar-refractivity contribution in [1.29, 1.82) is 0 Å². The van der Waals surface area contributed by atoms with Gasteiger partial charge in [-0.15, -0.1) is 0 Å². The van der Waals surface area contributed by atoms with Gasteiger partial charge in [0.2, 0.25) is 0 Å². The zero-order valence-corrected chi connectivity index (χ0v) is 9.06. The Hall–Kier alpha value is -0.900. The van der Waals surface area contributed by atoms with Gasteiger partial charge in [0.25, 0.3) is 0 Å². The third kappa shape index (κ3) is 3.02. The lowest BCUT2D eigenvalue weighted by molar-refractivity contribution is -0.235. The van der Waals surface area contributed by atoms with Gasteiger partial charge in [0.15, 0.2) is 6.29 Å². The van der Waals surface area contributed by atoms with Crippen LogP contribution >= 0.6 is 0 Å². The minimum absolute atomic E-state index is 0.0429. The van der Waals surface area contributed by atoms with Crippen molar-refractivity contribution >= 4 is 0 Å². The zero-order valence-electron chi connectivity index (χ0n) is 9.06.